The second-order valence-electron chi connectivity index (χ2n) is 6.00. The monoisotopic (exact) mass is 449 g/mol. The van der Waals surface area contributed by atoms with Gasteiger partial charge in [-0.3, -0.25) is 4.79 Å². The van der Waals surface area contributed by atoms with Gasteiger partial charge in [0.25, 0.3) is 0 Å². The predicted octanol–water partition coefficient (Wildman–Crippen LogP) is 6.69. The van der Waals surface area contributed by atoms with E-state index in [1.165, 1.54) is 42.5 Å². The van der Waals surface area contributed by atoms with Crippen LogP contribution in [0.4, 0.5) is 18.9 Å². The molecule has 0 saturated carbocycles. The molecule has 0 saturated heterocycles. The van der Waals surface area contributed by atoms with Crippen molar-refractivity contribution in [1.82, 2.24) is 0 Å². The maximum atomic E-state index is 13.2. The Labute approximate surface area is 168 Å². The lowest BCUT2D eigenvalue weighted by Gasteiger charge is -2.10. The SMILES string of the molecule is Cc1cccc(Br)c1NC(=O)/C=C/c1ccc(-c2ccccc2C(F)(F)F)o1. The normalized spacial score (nSPS) is 11.8. The van der Waals surface area contributed by atoms with E-state index in [0.717, 1.165) is 16.1 Å². The molecule has 0 aliphatic carbocycles. The van der Waals surface area contributed by atoms with Crippen molar-refractivity contribution in [3.8, 4) is 11.3 Å². The van der Waals surface area contributed by atoms with E-state index >= 15 is 0 Å². The molecule has 1 amide bonds. The van der Waals surface area contributed by atoms with Crippen molar-refractivity contribution in [3.63, 3.8) is 0 Å². The highest BCUT2D eigenvalue weighted by molar-refractivity contribution is 9.10. The number of anilines is 1. The van der Waals surface area contributed by atoms with E-state index in [1.54, 1.807) is 0 Å². The highest BCUT2D eigenvalue weighted by atomic mass is 79.9. The lowest BCUT2D eigenvalue weighted by Crippen LogP contribution is -2.09. The van der Waals surface area contributed by atoms with Crippen LogP contribution in [-0.4, -0.2) is 5.91 Å². The summed E-state index contributed by atoms with van der Waals surface area (Å²) < 4.78 is 45.7. The summed E-state index contributed by atoms with van der Waals surface area (Å²) in [6, 6.07) is 13.7. The number of aryl methyl sites for hydroxylation is 1. The summed E-state index contributed by atoms with van der Waals surface area (Å²) in [4.78, 5) is 12.1. The van der Waals surface area contributed by atoms with Crippen molar-refractivity contribution in [3.05, 3.63) is 82.0 Å². The molecule has 0 aliphatic heterocycles. The molecule has 0 aliphatic rings. The molecule has 3 rings (SSSR count). The van der Waals surface area contributed by atoms with Gasteiger partial charge >= 0.3 is 6.18 Å². The van der Waals surface area contributed by atoms with Gasteiger partial charge in [-0.2, -0.15) is 13.2 Å². The van der Waals surface area contributed by atoms with E-state index < -0.39 is 11.7 Å². The molecular formula is C21H15BrF3NO2. The zero-order chi connectivity index (χ0) is 20.3. The van der Waals surface area contributed by atoms with Gasteiger partial charge in [-0.15, -0.1) is 0 Å². The first-order chi connectivity index (χ1) is 13.3. The van der Waals surface area contributed by atoms with Gasteiger partial charge in [-0.25, -0.2) is 0 Å². The molecule has 0 unspecified atom stereocenters. The molecule has 1 heterocycles. The summed E-state index contributed by atoms with van der Waals surface area (Å²) in [6.45, 7) is 1.86. The third kappa shape index (κ3) is 4.54. The maximum absolute atomic E-state index is 13.2. The topological polar surface area (TPSA) is 42.2 Å². The van der Waals surface area contributed by atoms with Crippen molar-refractivity contribution < 1.29 is 22.4 Å². The van der Waals surface area contributed by atoms with E-state index in [0.29, 0.717) is 5.69 Å². The van der Waals surface area contributed by atoms with Gasteiger partial charge in [0.15, 0.2) is 0 Å². The number of carbonyl (C=O) groups is 1. The Morgan fingerprint density at radius 1 is 1.07 bits per heavy atom. The van der Waals surface area contributed by atoms with Crippen LogP contribution in [0, 0.1) is 6.92 Å². The average molecular weight is 450 g/mol. The van der Waals surface area contributed by atoms with E-state index in [1.807, 2.05) is 25.1 Å². The zero-order valence-corrected chi connectivity index (χ0v) is 16.3. The Morgan fingerprint density at radius 3 is 2.54 bits per heavy atom. The Hall–Kier alpha value is -2.80. The van der Waals surface area contributed by atoms with Crippen LogP contribution < -0.4 is 5.32 Å². The first-order valence-corrected chi connectivity index (χ1v) is 9.05. The highest BCUT2D eigenvalue weighted by Crippen LogP contribution is 2.37. The molecule has 0 atom stereocenters. The van der Waals surface area contributed by atoms with E-state index in [9.17, 15) is 18.0 Å². The first kappa shape index (κ1) is 19.9. The quantitative estimate of drug-likeness (QED) is 0.450. The van der Waals surface area contributed by atoms with Crippen molar-refractivity contribution in [2.45, 2.75) is 13.1 Å². The second kappa shape index (κ2) is 8.06. The van der Waals surface area contributed by atoms with Crippen LogP contribution in [0.3, 0.4) is 0 Å². The number of hydrogen-bond acceptors (Lipinski definition) is 2. The number of para-hydroxylation sites is 1. The zero-order valence-electron chi connectivity index (χ0n) is 14.7. The smallest absolute Gasteiger partial charge is 0.417 e. The predicted molar refractivity (Wildman–Crippen MR) is 106 cm³/mol. The molecule has 1 aromatic heterocycles. The van der Waals surface area contributed by atoms with Gasteiger partial charge in [-0.05, 0) is 58.8 Å². The molecule has 2 aromatic carbocycles. The van der Waals surface area contributed by atoms with Crippen molar-refractivity contribution >= 4 is 33.6 Å². The Bertz CT molecular complexity index is 1020. The third-order valence-electron chi connectivity index (χ3n) is 3.99. The molecule has 1 N–H and O–H groups in total. The minimum Gasteiger partial charge on any atom is -0.457 e. The molecule has 3 nitrogen and oxygen atoms in total. The molecule has 7 heteroatoms. The van der Waals surface area contributed by atoms with Crippen molar-refractivity contribution in [1.29, 1.82) is 0 Å². The number of alkyl halides is 3. The summed E-state index contributed by atoms with van der Waals surface area (Å²) >= 11 is 3.37. The number of halogens is 4. The highest BCUT2D eigenvalue weighted by Gasteiger charge is 2.34. The Kier molecular flexibility index (Phi) is 5.74. The Balaban J connectivity index is 1.78. The number of amides is 1. The minimum atomic E-state index is -4.49. The van der Waals surface area contributed by atoms with Crippen LogP contribution in [0.15, 0.2) is 69.6 Å². The number of rotatable bonds is 4. The fraction of sp³-hybridized carbons (Fsp3) is 0.0952. The maximum Gasteiger partial charge on any atom is 0.417 e. The largest absolute Gasteiger partial charge is 0.457 e. The molecule has 3 aromatic rings. The van der Waals surface area contributed by atoms with Crippen LogP contribution in [0.2, 0.25) is 0 Å². The van der Waals surface area contributed by atoms with Crippen molar-refractivity contribution in [2.24, 2.45) is 0 Å². The fourth-order valence-electron chi connectivity index (χ4n) is 2.65. The van der Waals surface area contributed by atoms with Gasteiger partial charge in [0.1, 0.15) is 11.5 Å². The molecule has 0 radical (unpaired) electrons. The van der Waals surface area contributed by atoms with Crippen molar-refractivity contribution in [2.75, 3.05) is 5.32 Å². The third-order valence-corrected chi connectivity index (χ3v) is 4.65. The van der Waals surface area contributed by atoms with E-state index in [4.69, 9.17) is 4.42 Å². The summed E-state index contributed by atoms with van der Waals surface area (Å²) in [5.74, 6) is -0.0377. The van der Waals surface area contributed by atoms with Crippen LogP contribution >= 0.6 is 15.9 Å². The molecular weight excluding hydrogens is 435 g/mol. The minimum absolute atomic E-state index is 0.0528. The second-order valence-corrected chi connectivity index (χ2v) is 6.85. The summed E-state index contributed by atoms with van der Waals surface area (Å²) in [6.07, 6.45) is -1.82. The number of nitrogens with one attached hydrogen (secondary N) is 1. The van der Waals surface area contributed by atoms with Crippen LogP contribution in [-0.2, 0) is 11.0 Å². The standard InChI is InChI=1S/C21H15BrF3NO2/c1-13-5-4-8-17(22)20(13)26-19(27)12-10-14-9-11-18(28-14)15-6-2-3-7-16(15)21(23,24)25/h2-12H,1H3,(H,26,27)/b12-10+. The van der Waals surface area contributed by atoms with Gasteiger partial charge in [0.2, 0.25) is 5.91 Å². The van der Waals surface area contributed by atoms with Gasteiger partial charge in [0, 0.05) is 16.1 Å². The lowest BCUT2D eigenvalue weighted by molar-refractivity contribution is -0.137. The number of hydrogen-bond donors (Lipinski definition) is 1. The van der Waals surface area contributed by atoms with Gasteiger partial charge in [-0.1, -0.05) is 30.3 Å². The van der Waals surface area contributed by atoms with E-state index in [2.05, 4.69) is 21.2 Å². The lowest BCUT2D eigenvalue weighted by atomic mass is 10.1. The summed E-state index contributed by atoms with van der Waals surface area (Å²) in [5.41, 5.74) is 0.710. The molecule has 0 bridgehead atoms. The number of benzene rings is 2. The molecule has 28 heavy (non-hydrogen) atoms. The molecule has 144 valence electrons. The molecule has 0 fully saturated rings. The average Bonchev–Trinajstić information content (AvgIpc) is 3.11. The number of furan rings is 1. The summed E-state index contributed by atoms with van der Waals surface area (Å²) in [5, 5.41) is 2.75. The van der Waals surface area contributed by atoms with Crippen LogP contribution in [0.5, 0.6) is 0 Å². The van der Waals surface area contributed by atoms with E-state index in [-0.39, 0.29) is 23.0 Å². The van der Waals surface area contributed by atoms with Crippen LogP contribution in [0.25, 0.3) is 17.4 Å². The first-order valence-electron chi connectivity index (χ1n) is 8.26. The van der Waals surface area contributed by atoms with Crippen LogP contribution in [0.1, 0.15) is 16.9 Å². The molecule has 0 spiro atoms. The van der Waals surface area contributed by atoms with Gasteiger partial charge < -0.3 is 9.73 Å². The number of carbonyl (C=O) groups excluding carboxylic acids is 1. The van der Waals surface area contributed by atoms with Gasteiger partial charge in [0.05, 0.1) is 11.3 Å². The summed E-state index contributed by atoms with van der Waals surface area (Å²) in [7, 11) is 0. The fourth-order valence-corrected chi connectivity index (χ4v) is 3.21. The Morgan fingerprint density at radius 2 is 1.82 bits per heavy atom.